The van der Waals surface area contributed by atoms with Crippen molar-refractivity contribution in [2.45, 2.75) is 123 Å². The zero-order valence-corrected chi connectivity index (χ0v) is 20.2. The first-order valence-corrected chi connectivity index (χ1v) is 13.1. The SMILES string of the molecule is CC(C)CCC[C@@H](C)[C@H]1CCC2[C@]3(O)C[C@@H](O)C4CC(O)CC[C@]4(C)C3CC[C@@]21C. The van der Waals surface area contributed by atoms with Crippen LogP contribution in [0.4, 0.5) is 0 Å². The van der Waals surface area contributed by atoms with Crippen LogP contribution in [0.3, 0.4) is 0 Å². The molecule has 0 aromatic heterocycles. The van der Waals surface area contributed by atoms with Gasteiger partial charge in [0.05, 0.1) is 17.8 Å². The normalized spacial score (nSPS) is 51.9. The van der Waals surface area contributed by atoms with Gasteiger partial charge in [-0.3, -0.25) is 0 Å². The molecule has 4 saturated carbocycles. The third-order valence-corrected chi connectivity index (χ3v) is 10.9. The van der Waals surface area contributed by atoms with Crippen molar-refractivity contribution in [2.75, 3.05) is 0 Å². The van der Waals surface area contributed by atoms with Crippen LogP contribution < -0.4 is 0 Å². The highest BCUT2D eigenvalue weighted by molar-refractivity contribution is 5.18. The molecule has 3 heteroatoms. The Labute approximate surface area is 185 Å². The summed E-state index contributed by atoms with van der Waals surface area (Å²) in [4.78, 5) is 0. The Hall–Kier alpha value is -0.120. The molecule has 0 aliphatic heterocycles. The third kappa shape index (κ3) is 3.50. The Balaban J connectivity index is 1.55. The van der Waals surface area contributed by atoms with Gasteiger partial charge in [0, 0.05) is 6.42 Å². The Kier molecular flexibility index (Phi) is 6.17. The van der Waals surface area contributed by atoms with Crippen molar-refractivity contribution in [3.63, 3.8) is 0 Å². The number of rotatable bonds is 5. The van der Waals surface area contributed by atoms with Gasteiger partial charge in [0.2, 0.25) is 0 Å². The second-order valence-electron chi connectivity index (χ2n) is 12.9. The summed E-state index contributed by atoms with van der Waals surface area (Å²) in [6.45, 7) is 11.9. The van der Waals surface area contributed by atoms with Gasteiger partial charge >= 0.3 is 0 Å². The van der Waals surface area contributed by atoms with Gasteiger partial charge in [0.15, 0.2) is 0 Å². The largest absolute Gasteiger partial charge is 0.393 e. The molecule has 0 bridgehead atoms. The highest BCUT2D eigenvalue weighted by Crippen LogP contribution is 2.69. The van der Waals surface area contributed by atoms with E-state index < -0.39 is 11.7 Å². The second-order valence-corrected chi connectivity index (χ2v) is 12.9. The lowest BCUT2D eigenvalue weighted by Crippen LogP contribution is -2.67. The van der Waals surface area contributed by atoms with Crippen molar-refractivity contribution >= 4 is 0 Å². The van der Waals surface area contributed by atoms with Crippen molar-refractivity contribution in [2.24, 2.45) is 46.3 Å². The standard InChI is InChI=1S/C27H48O3/c1-17(2)7-6-8-18(3)20-9-10-23-25(20,4)14-12-24-26(5)13-11-19(28)15-21(26)22(29)16-27(23,24)30/h17-24,28-30H,6-16H2,1-5H3/t18-,19?,20-,21?,22-,23?,24?,25-,26+,27-/m1/s1. The number of fused-ring (bicyclic) bond motifs is 5. The Bertz CT molecular complexity index is 619. The molecule has 10 atom stereocenters. The molecule has 4 unspecified atom stereocenters. The summed E-state index contributed by atoms with van der Waals surface area (Å²) in [6, 6.07) is 0. The van der Waals surface area contributed by atoms with E-state index in [9.17, 15) is 15.3 Å². The van der Waals surface area contributed by atoms with Crippen molar-refractivity contribution < 1.29 is 15.3 Å². The minimum absolute atomic E-state index is 0.0338. The molecule has 0 amide bonds. The van der Waals surface area contributed by atoms with Crippen LogP contribution in [0.1, 0.15) is 105 Å². The minimum atomic E-state index is -0.730. The average molecular weight is 421 g/mol. The minimum Gasteiger partial charge on any atom is -0.393 e. The number of hydrogen-bond donors (Lipinski definition) is 3. The van der Waals surface area contributed by atoms with Crippen molar-refractivity contribution in [3.05, 3.63) is 0 Å². The maximum Gasteiger partial charge on any atom is 0.0739 e. The quantitative estimate of drug-likeness (QED) is 0.546. The number of hydrogen-bond acceptors (Lipinski definition) is 3. The van der Waals surface area contributed by atoms with Crippen molar-refractivity contribution in [3.8, 4) is 0 Å². The van der Waals surface area contributed by atoms with Crippen LogP contribution in [-0.4, -0.2) is 33.1 Å². The van der Waals surface area contributed by atoms with Crippen LogP contribution in [0, 0.1) is 46.3 Å². The zero-order valence-electron chi connectivity index (χ0n) is 20.2. The Morgan fingerprint density at radius 2 is 1.53 bits per heavy atom. The first-order chi connectivity index (χ1) is 14.0. The highest BCUT2D eigenvalue weighted by atomic mass is 16.3. The van der Waals surface area contributed by atoms with E-state index in [4.69, 9.17) is 0 Å². The van der Waals surface area contributed by atoms with E-state index in [0.29, 0.717) is 24.7 Å². The summed E-state index contributed by atoms with van der Waals surface area (Å²) in [5, 5.41) is 33.7. The van der Waals surface area contributed by atoms with Crippen LogP contribution in [-0.2, 0) is 0 Å². The van der Waals surface area contributed by atoms with E-state index in [1.54, 1.807) is 0 Å². The van der Waals surface area contributed by atoms with Crippen LogP contribution in [0.2, 0.25) is 0 Å². The van der Waals surface area contributed by atoms with Gasteiger partial charge in [0.1, 0.15) is 0 Å². The highest BCUT2D eigenvalue weighted by Gasteiger charge is 2.68. The molecule has 4 aliphatic rings. The van der Waals surface area contributed by atoms with E-state index in [1.165, 1.54) is 32.1 Å². The molecule has 174 valence electrons. The van der Waals surface area contributed by atoms with Gasteiger partial charge in [-0.25, -0.2) is 0 Å². The van der Waals surface area contributed by atoms with Gasteiger partial charge in [-0.2, -0.15) is 0 Å². The lowest BCUT2D eigenvalue weighted by Gasteiger charge is -2.65. The van der Waals surface area contributed by atoms with Gasteiger partial charge < -0.3 is 15.3 Å². The molecule has 0 aromatic rings. The fourth-order valence-electron chi connectivity index (χ4n) is 9.41. The Morgan fingerprint density at radius 3 is 2.23 bits per heavy atom. The average Bonchev–Trinajstić information content (AvgIpc) is 3.01. The first kappa shape index (κ1) is 23.1. The topological polar surface area (TPSA) is 60.7 Å². The van der Waals surface area contributed by atoms with Gasteiger partial charge in [-0.1, -0.05) is 53.9 Å². The molecule has 3 nitrogen and oxygen atoms in total. The molecule has 3 N–H and O–H groups in total. The van der Waals surface area contributed by atoms with E-state index in [0.717, 1.165) is 37.5 Å². The summed E-state index contributed by atoms with van der Waals surface area (Å²) in [5.74, 6) is 2.95. The Morgan fingerprint density at radius 1 is 0.867 bits per heavy atom. The fraction of sp³-hybridized carbons (Fsp3) is 1.00. The molecule has 0 saturated heterocycles. The molecule has 30 heavy (non-hydrogen) atoms. The summed E-state index contributed by atoms with van der Waals surface area (Å²) in [5.41, 5.74) is -0.556. The molecule has 0 radical (unpaired) electrons. The molecule has 4 fully saturated rings. The van der Waals surface area contributed by atoms with Crippen LogP contribution in [0.25, 0.3) is 0 Å². The van der Waals surface area contributed by atoms with Crippen LogP contribution in [0.5, 0.6) is 0 Å². The first-order valence-electron chi connectivity index (χ1n) is 13.1. The van der Waals surface area contributed by atoms with Crippen LogP contribution in [0.15, 0.2) is 0 Å². The predicted molar refractivity (Wildman–Crippen MR) is 122 cm³/mol. The molecule has 0 aromatic carbocycles. The van der Waals surface area contributed by atoms with Crippen molar-refractivity contribution in [1.82, 2.24) is 0 Å². The molecular weight excluding hydrogens is 372 g/mol. The molecular formula is C27H48O3. The monoisotopic (exact) mass is 420 g/mol. The molecule has 4 rings (SSSR count). The maximum absolute atomic E-state index is 12.3. The fourth-order valence-corrected chi connectivity index (χ4v) is 9.41. The number of aliphatic hydroxyl groups excluding tert-OH is 2. The maximum atomic E-state index is 12.3. The van der Waals surface area contributed by atoms with E-state index >= 15 is 0 Å². The van der Waals surface area contributed by atoms with Crippen LogP contribution >= 0.6 is 0 Å². The van der Waals surface area contributed by atoms with E-state index in [2.05, 4.69) is 34.6 Å². The lowest BCUT2D eigenvalue weighted by molar-refractivity contribution is -0.254. The summed E-state index contributed by atoms with van der Waals surface area (Å²) >= 11 is 0. The molecule has 4 aliphatic carbocycles. The van der Waals surface area contributed by atoms with Crippen molar-refractivity contribution in [1.29, 1.82) is 0 Å². The van der Waals surface area contributed by atoms with Gasteiger partial charge in [-0.05, 0) is 91.3 Å². The predicted octanol–water partition coefficient (Wildman–Crippen LogP) is 5.55. The second kappa shape index (κ2) is 8.03. The van der Waals surface area contributed by atoms with E-state index in [-0.39, 0.29) is 28.8 Å². The van der Waals surface area contributed by atoms with E-state index in [1.807, 2.05) is 0 Å². The third-order valence-electron chi connectivity index (χ3n) is 10.9. The molecule has 0 heterocycles. The van der Waals surface area contributed by atoms with Gasteiger partial charge in [0.25, 0.3) is 0 Å². The van der Waals surface area contributed by atoms with Gasteiger partial charge in [-0.15, -0.1) is 0 Å². The zero-order chi connectivity index (χ0) is 21.9. The molecule has 0 spiro atoms. The summed E-state index contributed by atoms with van der Waals surface area (Å²) < 4.78 is 0. The lowest BCUT2D eigenvalue weighted by atomic mass is 9.42. The smallest absolute Gasteiger partial charge is 0.0739 e. The summed E-state index contributed by atoms with van der Waals surface area (Å²) in [6.07, 6.45) is 10.9. The summed E-state index contributed by atoms with van der Waals surface area (Å²) in [7, 11) is 0. The number of aliphatic hydroxyl groups is 3.